The molecule has 0 atom stereocenters. The summed E-state index contributed by atoms with van der Waals surface area (Å²) < 4.78 is 0.933. The van der Waals surface area contributed by atoms with Crippen LogP contribution in [0.2, 0.25) is 0 Å². The lowest BCUT2D eigenvalue weighted by Crippen LogP contribution is -2.12. The minimum absolute atomic E-state index is 0.112. The van der Waals surface area contributed by atoms with Gasteiger partial charge in [-0.05, 0) is 53.9 Å². The molecule has 0 aliphatic heterocycles. The third-order valence-corrected chi connectivity index (χ3v) is 4.65. The van der Waals surface area contributed by atoms with Gasteiger partial charge < -0.3 is 10.6 Å². The van der Waals surface area contributed by atoms with E-state index in [2.05, 4.69) is 51.7 Å². The maximum atomic E-state index is 12.5. The van der Waals surface area contributed by atoms with Crippen LogP contribution in [0.5, 0.6) is 0 Å². The normalized spacial score (nSPS) is 10.4. The molecule has 0 aliphatic rings. The first-order chi connectivity index (χ1) is 12.7. The molecule has 132 valence electrons. The van der Waals surface area contributed by atoms with E-state index in [9.17, 15) is 4.79 Å². The maximum absolute atomic E-state index is 12.5. The van der Waals surface area contributed by atoms with Gasteiger partial charge in [-0.1, -0.05) is 59.3 Å². The SMILES string of the molecule is CCc1ccccc1NCc1cccc(C(=O)Nc2cccc(Br)c2)c1. The summed E-state index contributed by atoms with van der Waals surface area (Å²) in [5.41, 5.74) is 4.91. The predicted molar refractivity (Wildman–Crippen MR) is 112 cm³/mol. The van der Waals surface area contributed by atoms with Crippen LogP contribution in [0.15, 0.2) is 77.3 Å². The molecule has 0 aliphatic carbocycles. The van der Waals surface area contributed by atoms with Crippen LogP contribution in [0, 0.1) is 0 Å². The Bertz CT molecular complexity index is 908. The number of nitrogens with one attached hydrogen (secondary N) is 2. The number of rotatable bonds is 6. The second kappa shape index (κ2) is 8.68. The quantitative estimate of drug-likeness (QED) is 0.534. The van der Waals surface area contributed by atoms with Gasteiger partial charge in [0.1, 0.15) is 0 Å². The van der Waals surface area contributed by atoms with Crippen LogP contribution < -0.4 is 10.6 Å². The zero-order chi connectivity index (χ0) is 18.4. The highest BCUT2D eigenvalue weighted by atomic mass is 79.9. The molecule has 2 N–H and O–H groups in total. The van der Waals surface area contributed by atoms with Crippen molar-refractivity contribution in [1.82, 2.24) is 0 Å². The van der Waals surface area contributed by atoms with E-state index >= 15 is 0 Å². The first-order valence-electron chi connectivity index (χ1n) is 8.63. The average molecular weight is 409 g/mol. The summed E-state index contributed by atoms with van der Waals surface area (Å²) in [4.78, 5) is 12.5. The Morgan fingerprint density at radius 3 is 2.58 bits per heavy atom. The molecule has 4 heteroatoms. The second-order valence-corrected chi connectivity index (χ2v) is 6.94. The molecule has 3 aromatic rings. The van der Waals surface area contributed by atoms with Gasteiger partial charge in [-0.3, -0.25) is 4.79 Å². The molecule has 3 nitrogen and oxygen atoms in total. The van der Waals surface area contributed by atoms with Crippen LogP contribution >= 0.6 is 15.9 Å². The molecule has 3 rings (SSSR count). The van der Waals surface area contributed by atoms with E-state index in [1.807, 2.05) is 54.6 Å². The van der Waals surface area contributed by atoms with E-state index in [-0.39, 0.29) is 5.91 Å². The lowest BCUT2D eigenvalue weighted by atomic mass is 10.1. The molecule has 0 saturated carbocycles. The van der Waals surface area contributed by atoms with E-state index in [1.54, 1.807) is 0 Å². The Kier molecular flexibility index (Phi) is 6.08. The fraction of sp³-hybridized carbons (Fsp3) is 0.136. The lowest BCUT2D eigenvalue weighted by molar-refractivity contribution is 0.102. The first-order valence-corrected chi connectivity index (χ1v) is 9.42. The van der Waals surface area contributed by atoms with Gasteiger partial charge in [0.15, 0.2) is 0 Å². The minimum atomic E-state index is -0.112. The van der Waals surface area contributed by atoms with Crippen LogP contribution in [0.1, 0.15) is 28.4 Å². The summed E-state index contributed by atoms with van der Waals surface area (Å²) in [7, 11) is 0. The van der Waals surface area contributed by atoms with Crippen molar-refractivity contribution in [2.45, 2.75) is 19.9 Å². The van der Waals surface area contributed by atoms with Gasteiger partial charge in [0.2, 0.25) is 0 Å². The molecule has 0 spiro atoms. The van der Waals surface area contributed by atoms with Crippen molar-refractivity contribution in [1.29, 1.82) is 0 Å². The Morgan fingerprint density at radius 1 is 0.962 bits per heavy atom. The largest absolute Gasteiger partial charge is 0.381 e. The molecule has 0 fully saturated rings. The van der Waals surface area contributed by atoms with Crippen LogP contribution in [0.25, 0.3) is 0 Å². The Morgan fingerprint density at radius 2 is 1.77 bits per heavy atom. The van der Waals surface area contributed by atoms with Crippen molar-refractivity contribution in [2.24, 2.45) is 0 Å². The minimum Gasteiger partial charge on any atom is -0.381 e. The van der Waals surface area contributed by atoms with E-state index < -0.39 is 0 Å². The van der Waals surface area contributed by atoms with Gasteiger partial charge in [-0.15, -0.1) is 0 Å². The van der Waals surface area contributed by atoms with E-state index in [4.69, 9.17) is 0 Å². The summed E-state index contributed by atoms with van der Waals surface area (Å²) in [6.07, 6.45) is 0.984. The molecule has 0 radical (unpaired) electrons. The third-order valence-electron chi connectivity index (χ3n) is 4.15. The average Bonchev–Trinajstić information content (AvgIpc) is 2.67. The number of amides is 1. The molecule has 0 saturated heterocycles. The maximum Gasteiger partial charge on any atom is 0.255 e. The summed E-state index contributed by atoms with van der Waals surface area (Å²) >= 11 is 3.41. The third kappa shape index (κ3) is 4.73. The van der Waals surface area contributed by atoms with Gasteiger partial charge in [-0.2, -0.15) is 0 Å². The summed E-state index contributed by atoms with van der Waals surface area (Å²) in [6.45, 7) is 2.82. The van der Waals surface area contributed by atoms with Crippen molar-refractivity contribution in [3.05, 3.63) is 94.0 Å². The van der Waals surface area contributed by atoms with Crippen molar-refractivity contribution in [3.8, 4) is 0 Å². The highest BCUT2D eigenvalue weighted by Gasteiger charge is 2.07. The van der Waals surface area contributed by atoms with Gasteiger partial charge in [-0.25, -0.2) is 0 Å². The van der Waals surface area contributed by atoms with Crippen LogP contribution in [-0.2, 0) is 13.0 Å². The number of hydrogen-bond donors (Lipinski definition) is 2. The zero-order valence-electron chi connectivity index (χ0n) is 14.6. The Hall–Kier alpha value is -2.59. The number of aryl methyl sites for hydroxylation is 1. The molecule has 0 aromatic heterocycles. The van der Waals surface area contributed by atoms with Gasteiger partial charge in [0.05, 0.1) is 0 Å². The molecular formula is C22H21BrN2O. The fourth-order valence-corrected chi connectivity index (χ4v) is 3.19. The standard InChI is InChI=1S/C22H21BrN2O/c1-2-17-8-3-4-12-21(17)24-15-16-7-5-9-18(13-16)22(26)25-20-11-6-10-19(23)14-20/h3-14,24H,2,15H2,1H3,(H,25,26). The van der Waals surface area contributed by atoms with Crippen LogP contribution in [-0.4, -0.2) is 5.91 Å². The number of carbonyl (C=O) groups is 1. The molecular weight excluding hydrogens is 388 g/mol. The molecule has 0 unspecified atom stereocenters. The number of para-hydroxylation sites is 1. The second-order valence-electron chi connectivity index (χ2n) is 6.03. The number of benzene rings is 3. The highest BCUT2D eigenvalue weighted by molar-refractivity contribution is 9.10. The van der Waals surface area contributed by atoms with Crippen LogP contribution in [0.4, 0.5) is 11.4 Å². The Balaban J connectivity index is 1.68. The molecule has 0 bridgehead atoms. The van der Waals surface area contributed by atoms with Crippen molar-refractivity contribution >= 4 is 33.2 Å². The number of anilines is 2. The Labute approximate surface area is 162 Å². The van der Waals surface area contributed by atoms with Gasteiger partial charge in [0, 0.05) is 28.0 Å². The van der Waals surface area contributed by atoms with Crippen molar-refractivity contribution in [3.63, 3.8) is 0 Å². The lowest BCUT2D eigenvalue weighted by Gasteiger charge is -2.12. The number of halogens is 1. The highest BCUT2D eigenvalue weighted by Crippen LogP contribution is 2.18. The van der Waals surface area contributed by atoms with E-state index in [0.717, 1.165) is 27.8 Å². The summed E-state index contributed by atoms with van der Waals surface area (Å²) in [6, 6.07) is 23.6. The van der Waals surface area contributed by atoms with Crippen molar-refractivity contribution < 1.29 is 4.79 Å². The van der Waals surface area contributed by atoms with Gasteiger partial charge in [0.25, 0.3) is 5.91 Å². The van der Waals surface area contributed by atoms with E-state index in [0.29, 0.717) is 12.1 Å². The summed E-state index contributed by atoms with van der Waals surface area (Å²) in [5.74, 6) is -0.112. The first kappa shape index (κ1) is 18.2. The summed E-state index contributed by atoms with van der Waals surface area (Å²) in [5, 5.41) is 6.39. The number of hydrogen-bond acceptors (Lipinski definition) is 2. The predicted octanol–water partition coefficient (Wildman–Crippen LogP) is 5.88. The zero-order valence-corrected chi connectivity index (χ0v) is 16.2. The monoisotopic (exact) mass is 408 g/mol. The molecule has 1 amide bonds. The van der Waals surface area contributed by atoms with Crippen LogP contribution in [0.3, 0.4) is 0 Å². The smallest absolute Gasteiger partial charge is 0.255 e. The van der Waals surface area contributed by atoms with Gasteiger partial charge >= 0.3 is 0 Å². The molecule has 0 heterocycles. The van der Waals surface area contributed by atoms with Crippen molar-refractivity contribution in [2.75, 3.05) is 10.6 Å². The fourth-order valence-electron chi connectivity index (χ4n) is 2.79. The molecule has 26 heavy (non-hydrogen) atoms. The van der Waals surface area contributed by atoms with E-state index in [1.165, 1.54) is 5.56 Å². The number of carbonyl (C=O) groups excluding carboxylic acids is 1. The topological polar surface area (TPSA) is 41.1 Å². The molecule has 3 aromatic carbocycles.